The summed E-state index contributed by atoms with van der Waals surface area (Å²) in [5.41, 5.74) is 0. The average Bonchev–Trinajstić information content (AvgIpc) is 2.76. The van der Waals surface area contributed by atoms with E-state index in [0.29, 0.717) is 0 Å². The molecular formula is C20H27ClO8Se. The molecule has 2 saturated heterocycles. The molecule has 0 amide bonds. The topological polar surface area (TPSA) is 92.7 Å². The second kappa shape index (κ2) is 9.81. The molecule has 0 unspecified atom stereocenters. The Kier molecular flexibility index (Phi) is 7.82. The molecule has 8 nitrogen and oxygen atoms in total. The zero-order valence-electron chi connectivity index (χ0n) is 17.3. The molecule has 2 fully saturated rings. The summed E-state index contributed by atoms with van der Waals surface area (Å²) in [5.74, 6) is -3.39. The number of ether oxygens (including phenoxy) is 6. The van der Waals surface area contributed by atoms with E-state index in [2.05, 4.69) is 0 Å². The van der Waals surface area contributed by atoms with Gasteiger partial charge in [0, 0.05) is 0 Å². The first-order chi connectivity index (χ1) is 14.3. The summed E-state index contributed by atoms with van der Waals surface area (Å²) in [6, 6.07) is 9.74. The van der Waals surface area contributed by atoms with Gasteiger partial charge in [-0.1, -0.05) is 0 Å². The van der Waals surface area contributed by atoms with Crippen molar-refractivity contribution in [2.45, 2.75) is 54.8 Å². The van der Waals surface area contributed by atoms with E-state index in [4.69, 9.17) is 40.0 Å². The number of aliphatic hydroxyl groups excluding tert-OH is 1. The van der Waals surface area contributed by atoms with Crippen LogP contribution in [0.2, 0.25) is 0 Å². The monoisotopic (exact) mass is 510 g/mol. The van der Waals surface area contributed by atoms with E-state index in [9.17, 15) is 9.90 Å². The van der Waals surface area contributed by atoms with E-state index >= 15 is 0 Å². The number of aliphatic hydroxyl groups is 1. The fourth-order valence-electron chi connectivity index (χ4n) is 3.45. The molecule has 1 N–H and O–H groups in total. The third-order valence-corrected chi connectivity index (χ3v) is 8.12. The minimum atomic E-state index is -1.28. The molecule has 2 heterocycles. The van der Waals surface area contributed by atoms with Gasteiger partial charge in [0.05, 0.1) is 0 Å². The van der Waals surface area contributed by atoms with Crippen LogP contribution in [0.15, 0.2) is 30.3 Å². The molecule has 2 aliphatic rings. The zero-order chi connectivity index (χ0) is 21.9. The predicted molar refractivity (Wildman–Crippen MR) is 109 cm³/mol. The maximum absolute atomic E-state index is 11.6. The first-order valence-corrected chi connectivity index (χ1v) is 11.9. The molecule has 168 valence electrons. The first-order valence-electron chi connectivity index (χ1n) is 9.49. The van der Waals surface area contributed by atoms with Gasteiger partial charge in [0.15, 0.2) is 0 Å². The summed E-state index contributed by atoms with van der Waals surface area (Å²) in [4.78, 5) is 11.6. The van der Waals surface area contributed by atoms with Crippen molar-refractivity contribution in [1.82, 2.24) is 0 Å². The number of hydrogen-bond acceptors (Lipinski definition) is 8. The molecule has 0 radical (unpaired) electrons. The molecule has 1 aromatic rings. The number of esters is 1. The zero-order valence-corrected chi connectivity index (χ0v) is 19.7. The van der Waals surface area contributed by atoms with Crippen molar-refractivity contribution in [3.63, 3.8) is 0 Å². The summed E-state index contributed by atoms with van der Waals surface area (Å²) in [7, 11) is 2.96. The van der Waals surface area contributed by atoms with E-state index in [1.165, 1.54) is 14.2 Å². The van der Waals surface area contributed by atoms with Crippen molar-refractivity contribution >= 4 is 37.0 Å². The summed E-state index contributed by atoms with van der Waals surface area (Å²) >= 11 is 5.32. The number of carbonyl (C=O) groups is 1. The number of benzene rings is 1. The van der Waals surface area contributed by atoms with Crippen molar-refractivity contribution in [1.29, 1.82) is 0 Å². The Morgan fingerprint density at radius 2 is 1.73 bits per heavy atom. The Bertz CT molecular complexity index is 724. The molecule has 1 aromatic carbocycles. The standard InChI is InChI=1S/C20H27ClO8Se/c1-19(24-3)20(2,25-4)29-17-15(23)18(30-12-8-6-5-7-9-12)27-13(16(17)28-19)11-26-14(22)10-21/h5-9,13,15-18,23H,10-11H2,1-4H3/t13-,15+,16-,17-,18-,19+,20+/m1/s1. The fourth-order valence-corrected chi connectivity index (χ4v) is 5.78. The van der Waals surface area contributed by atoms with Gasteiger partial charge in [-0.3, -0.25) is 0 Å². The van der Waals surface area contributed by atoms with Crippen molar-refractivity contribution in [2.75, 3.05) is 26.7 Å². The van der Waals surface area contributed by atoms with Gasteiger partial charge in [0.1, 0.15) is 0 Å². The number of halogens is 1. The van der Waals surface area contributed by atoms with Gasteiger partial charge >= 0.3 is 187 Å². The van der Waals surface area contributed by atoms with Crippen LogP contribution in [0.5, 0.6) is 0 Å². The molecule has 0 saturated carbocycles. The maximum atomic E-state index is 11.6. The average molecular weight is 510 g/mol. The molecule has 2 aliphatic heterocycles. The molecule has 30 heavy (non-hydrogen) atoms. The molecule has 0 aliphatic carbocycles. The van der Waals surface area contributed by atoms with Crippen LogP contribution < -0.4 is 4.46 Å². The first kappa shape index (κ1) is 23.9. The third kappa shape index (κ3) is 4.70. The molecule has 0 bridgehead atoms. The Labute approximate surface area is 187 Å². The quantitative estimate of drug-likeness (QED) is 0.321. The fraction of sp³-hybridized carbons (Fsp3) is 0.650. The summed E-state index contributed by atoms with van der Waals surface area (Å²) in [6.07, 6.45) is -3.19. The Hall–Kier alpha value is -0.741. The Morgan fingerprint density at radius 3 is 2.30 bits per heavy atom. The van der Waals surface area contributed by atoms with Crippen LogP contribution in [0.3, 0.4) is 0 Å². The molecule has 0 spiro atoms. The van der Waals surface area contributed by atoms with Gasteiger partial charge in [0.2, 0.25) is 0 Å². The normalized spacial score (nSPS) is 38.7. The summed E-state index contributed by atoms with van der Waals surface area (Å²) in [6.45, 7) is 3.28. The molecule has 7 atom stereocenters. The minimum absolute atomic E-state index is 0.0896. The number of rotatable bonds is 7. The number of alkyl halides is 1. The van der Waals surface area contributed by atoms with Crippen molar-refractivity contribution in [3.05, 3.63) is 30.3 Å². The predicted octanol–water partition coefficient (Wildman–Crippen LogP) is 0.393. The van der Waals surface area contributed by atoms with Crippen LogP contribution in [0.4, 0.5) is 0 Å². The molecular weight excluding hydrogens is 483 g/mol. The Balaban J connectivity index is 1.88. The van der Waals surface area contributed by atoms with E-state index in [-0.39, 0.29) is 27.4 Å². The van der Waals surface area contributed by atoms with Crippen LogP contribution in [0, 0.1) is 0 Å². The van der Waals surface area contributed by atoms with Crippen molar-refractivity contribution in [3.8, 4) is 0 Å². The summed E-state index contributed by atoms with van der Waals surface area (Å²) in [5, 5.41) is 10.6. The third-order valence-electron chi connectivity index (χ3n) is 5.45. The SMILES string of the molecule is CO[C@@]1(C)O[C@@H]2[C@H](O)[C@@H]([Se]c3ccccc3)O[C@H](COC(=O)CCl)[C@H]2O[C@]1(C)OC. The number of methoxy groups -OCH3 is 2. The van der Waals surface area contributed by atoms with Gasteiger partial charge in [-0.15, -0.1) is 0 Å². The van der Waals surface area contributed by atoms with Crippen LogP contribution in [0.1, 0.15) is 13.8 Å². The summed E-state index contributed by atoms with van der Waals surface area (Å²) < 4.78 is 36.0. The number of fused-ring (bicyclic) bond motifs is 1. The van der Waals surface area contributed by atoms with E-state index in [1.54, 1.807) is 13.8 Å². The van der Waals surface area contributed by atoms with Crippen molar-refractivity contribution in [2.24, 2.45) is 0 Å². The van der Waals surface area contributed by atoms with Gasteiger partial charge in [-0.2, -0.15) is 0 Å². The number of hydrogen-bond donors (Lipinski definition) is 1. The van der Waals surface area contributed by atoms with Crippen LogP contribution in [0.25, 0.3) is 0 Å². The van der Waals surface area contributed by atoms with Gasteiger partial charge < -0.3 is 0 Å². The van der Waals surface area contributed by atoms with E-state index in [0.717, 1.165) is 4.46 Å². The number of carbonyl (C=O) groups excluding carboxylic acids is 1. The second-order valence-electron chi connectivity index (χ2n) is 7.25. The molecule has 3 rings (SSSR count). The van der Waals surface area contributed by atoms with E-state index in [1.807, 2.05) is 30.3 Å². The van der Waals surface area contributed by atoms with Crippen LogP contribution in [-0.2, 0) is 33.2 Å². The molecule has 0 aromatic heterocycles. The van der Waals surface area contributed by atoms with Crippen LogP contribution in [-0.4, -0.2) is 93.7 Å². The van der Waals surface area contributed by atoms with Crippen LogP contribution >= 0.6 is 11.6 Å². The van der Waals surface area contributed by atoms with Gasteiger partial charge in [-0.25, -0.2) is 0 Å². The second-order valence-corrected chi connectivity index (χ2v) is 9.97. The Morgan fingerprint density at radius 1 is 1.13 bits per heavy atom. The van der Waals surface area contributed by atoms with Gasteiger partial charge in [0.25, 0.3) is 0 Å². The van der Waals surface area contributed by atoms with Crippen molar-refractivity contribution < 1.29 is 38.3 Å². The molecule has 10 heteroatoms. The van der Waals surface area contributed by atoms with E-state index < -0.39 is 47.0 Å². The van der Waals surface area contributed by atoms with Gasteiger partial charge in [-0.05, 0) is 0 Å².